The van der Waals surface area contributed by atoms with Gasteiger partial charge in [-0.1, -0.05) is 6.07 Å². The first-order valence-electron chi connectivity index (χ1n) is 10.5. The van der Waals surface area contributed by atoms with Crippen LogP contribution < -0.4 is 10.0 Å². The summed E-state index contributed by atoms with van der Waals surface area (Å²) in [5, 5.41) is 12.9. The lowest BCUT2D eigenvalue weighted by Gasteiger charge is -2.48. The molecular formula is C23H33N3O3S. The van der Waals surface area contributed by atoms with Crippen LogP contribution in [0.1, 0.15) is 71.1 Å². The van der Waals surface area contributed by atoms with Gasteiger partial charge in [-0.05, 0) is 97.2 Å². The minimum Gasteiger partial charge on any atom is -0.598 e. The number of nitriles is 1. The summed E-state index contributed by atoms with van der Waals surface area (Å²) in [4.78, 5) is 14.0. The van der Waals surface area contributed by atoms with Crippen molar-refractivity contribution >= 4 is 17.3 Å². The van der Waals surface area contributed by atoms with Gasteiger partial charge in [0.2, 0.25) is 0 Å². The van der Waals surface area contributed by atoms with E-state index in [1.54, 1.807) is 12.1 Å². The summed E-state index contributed by atoms with van der Waals surface area (Å²) >= 11 is -1.51. The van der Waals surface area contributed by atoms with E-state index in [-0.39, 0.29) is 0 Å². The fourth-order valence-corrected chi connectivity index (χ4v) is 5.56. The minimum atomic E-state index is -1.51. The molecule has 0 radical (unpaired) electrons. The molecule has 1 aliphatic heterocycles. The molecule has 164 valence electrons. The van der Waals surface area contributed by atoms with Crippen molar-refractivity contribution in [2.75, 3.05) is 13.1 Å². The van der Waals surface area contributed by atoms with Gasteiger partial charge in [0.25, 0.3) is 0 Å². The highest BCUT2D eigenvalue weighted by Crippen LogP contribution is 2.57. The van der Waals surface area contributed by atoms with E-state index in [0.29, 0.717) is 12.0 Å². The zero-order chi connectivity index (χ0) is 22.4. The number of fused-ring (bicyclic) bond motifs is 1. The molecule has 2 N–H and O–H groups in total. The van der Waals surface area contributed by atoms with Crippen LogP contribution in [-0.2, 0) is 32.9 Å². The van der Waals surface area contributed by atoms with Crippen molar-refractivity contribution in [2.24, 2.45) is 5.41 Å². The molecule has 0 saturated carbocycles. The van der Waals surface area contributed by atoms with E-state index in [9.17, 15) is 14.6 Å². The molecule has 30 heavy (non-hydrogen) atoms. The number of hydrogen-bond donors (Lipinski definition) is 2. The lowest BCUT2D eigenvalue weighted by molar-refractivity contribution is -0.170. The normalized spacial score (nSPS) is 24.2. The molecule has 1 aromatic carbocycles. The Bertz CT molecular complexity index is 860. The first-order valence-corrected chi connectivity index (χ1v) is 11.7. The third-order valence-corrected chi connectivity index (χ3v) is 7.64. The lowest BCUT2D eigenvalue weighted by Crippen LogP contribution is -2.65. The molecule has 1 fully saturated rings. The number of carbonyl (C=O) groups is 1. The second-order valence-electron chi connectivity index (χ2n) is 10.4. The molecule has 1 heterocycles. The molecule has 7 heteroatoms. The van der Waals surface area contributed by atoms with Crippen molar-refractivity contribution in [3.63, 3.8) is 0 Å². The van der Waals surface area contributed by atoms with Gasteiger partial charge in [0, 0.05) is 16.8 Å². The van der Waals surface area contributed by atoms with Crippen LogP contribution in [0.2, 0.25) is 0 Å². The highest BCUT2D eigenvalue weighted by atomic mass is 32.2. The van der Waals surface area contributed by atoms with E-state index in [2.05, 4.69) is 16.1 Å². The Morgan fingerprint density at radius 2 is 1.87 bits per heavy atom. The zero-order valence-corrected chi connectivity index (χ0v) is 19.7. The van der Waals surface area contributed by atoms with Crippen LogP contribution in [0.15, 0.2) is 18.2 Å². The Balaban J connectivity index is 2.26. The van der Waals surface area contributed by atoms with E-state index >= 15 is 0 Å². The van der Waals surface area contributed by atoms with Crippen molar-refractivity contribution in [1.29, 1.82) is 5.26 Å². The van der Waals surface area contributed by atoms with Crippen LogP contribution in [0, 0.1) is 16.7 Å². The lowest BCUT2D eigenvalue weighted by atomic mass is 9.64. The van der Waals surface area contributed by atoms with Crippen LogP contribution in [0.4, 0.5) is 0 Å². The van der Waals surface area contributed by atoms with Gasteiger partial charge in [-0.2, -0.15) is 5.26 Å². The molecule has 1 spiro atoms. The van der Waals surface area contributed by atoms with Crippen molar-refractivity contribution in [3.8, 4) is 6.07 Å². The van der Waals surface area contributed by atoms with Crippen LogP contribution in [0.3, 0.4) is 0 Å². The number of rotatable bonds is 3. The van der Waals surface area contributed by atoms with Gasteiger partial charge in [0.15, 0.2) is 5.54 Å². The van der Waals surface area contributed by atoms with Crippen LogP contribution in [0.5, 0.6) is 0 Å². The number of esters is 1. The molecular weight excluding hydrogens is 398 g/mol. The van der Waals surface area contributed by atoms with Gasteiger partial charge in [-0.3, -0.25) is 0 Å². The van der Waals surface area contributed by atoms with Crippen molar-refractivity contribution < 1.29 is 14.1 Å². The SMILES string of the molecule is CC(C)(C)OC(=O)[C@]1(N[S+]([O-])C(C)(C)C)c2cc(C#N)ccc2CC12CCNCC2. The number of piperidine rings is 1. The number of ether oxygens (including phenoxy) is 1. The molecule has 3 rings (SSSR count). The maximum Gasteiger partial charge on any atom is 0.336 e. The topological polar surface area (TPSA) is 97.2 Å². The fraction of sp³-hybridized carbons (Fsp3) is 0.652. The second-order valence-corrected chi connectivity index (χ2v) is 12.4. The van der Waals surface area contributed by atoms with Gasteiger partial charge >= 0.3 is 5.97 Å². The number of nitrogens with zero attached hydrogens (tertiary/aromatic N) is 1. The molecule has 6 nitrogen and oxygen atoms in total. The molecule has 2 aliphatic rings. The smallest absolute Gasteiger partial charge is 0.336 e. The van der Waals surface area contributed by atoms with Gasteiger partial charge in [0.05, 0.1) is 11.6 Å². The van der Waals surface area contributed by atoms with Crippen LogP contribution >= 0.6 is 0 Å². The van der Waals surface area contributed by atoms with Crippen LogP contribution in [-0.4, -0.2) is 34.0 Å². The number of carbonyl (C=O) groups excluding carboxylic acids is 1. The van der Waals surface area contributed by atoms with E-state index in [1.807, 2.05) is 47.6 Å². The second kappa shape index (κ2) is 7.83. The van der Waals surface area contributed by atoms with E-state index in [4.69, 9.17) is 4.74 Å². The summed E-state index contributed by atoms with van der Waals surface area (Å²) in [6.45, 7) is 12.7. The Morgan fingerprint density at radius 1 is 1.23 bits per heavy atom. The predicted molar refractivity (Wildman–Crippen MR) is 118 cm³/mol. The average molecular weight is 432 g/mol. The molecule has 1 unspecified atom stereocenters. The number of nitrogens with one attached hydrogen (secondary N) is 2. The van der Waals surface area contributed by atoms with Crippen molar-refractivity contribution in [1.82, 2.24) is 10.0 Å². The number of benzene rings is 1. The van der Waals surface area contributed by atoms with Crippen LogP contribution in [0.25, 0.3) is 0 Å². The standard InChI is InChI=1S/C23H33N3O3S/c1-20(2,3)29-19(27)23(26-30(28)21(4,5)6)18-13-16(15-24)7-8-17(18)14-22(23)9-11-25-12-10-22/h7-8,13,25-26H,9-12,14H2,1-6H3/t23-,30?/m1/s1. The maximum absolute atomic E-state index is 14.0. The maximum atomic E-state index is 14.0. The quantitative estimate of drug-likeness (QED) is 0.564. The zero-order valence-electron chi connectivity index (χ0n) is 18.8. The monoisotopic (exact) mass is 431 g/mol. The summed E-state index contributed by atoms with van der Waals surface area (Å²) < 4.78 is 22.1. The predicted octanol–water partition coefficient (Wildman–Crippen LogP) is 3.07. The molecule has 0 aromatic heterocycles. The third-order valence-electron chi connectivity index (χ3n) is 6.04. The van der Waals surface area contributed by atoms with E-state index < -0.39 is 38.6 Å². The highest BCUT2D eigenvalue weighted by Gasteiger charge is 2.66. The summed E-state index contributed by atoms with van der Waals surface area (Å²) in [6.07, 6.45) is 2.18. The average Bonchev–Trinajstić information content (AvgIpc) is 2.89. The summed E-state index contributed by atoms with van der Waals surface area (Å²) in [5.41, 5.74) is -0.217. The Hall–Kier alpha value is -1.59. The summed E-state index contributed by atoms with van der Waals surface area (Å²) in [7, 11) is 0. The van der Waals surface area contributed by atoms with Crippen molar-refractivity contribution in [2.45, 2.75) is 76.7 Å². The molecule has 1 saturated heterocycles. The third kappa shape index (κ3) is 3.99. The Labute approximate surface area is 183 Å². The largest absolute Gasteiger partial charge is 0.598 e. The van der Waals surface area contributed by atoms with Gasteiger partial charge in [-0.25, -0.2) is 4.79 Å². The Kier molecular flexibility index (Phi) is 6.02. The first-order chi connectivity index (χ1) is 13.8. The molecule has 2 atom stereocenters. The van der Waals surface area contributed by atoms with Crippen molar-refractivity contribution in [3.05, 3.63) is 34.9 Å². The highest BCUT2D eigenvalue weighted by molar-refractivity contribution is 7.90. The fourth-order valence-electron chi connectivity index (χ4n) is 4.57. The number of hydrogen-bond acceptors (Lipinski definition) is 6. The molecule has 1 aromatic rings. The van der Waals surface area contributed by atoms with Gasteiger partial charge < -0.3 is 14.6 Å². The molecule has 1 aliphatic carbocycles. The summed E-state index contributed by atoms with van der Waals surface area (Å²) in [6, 6.07) is 7.70. The van der Waals surface area contributed by atoms with E-state index in [0.717, 1.165) is 37.1 Å². The summed E-state index contributed by atoms with van der Waals surface area (Å²) in [5.74, 6) is -0.414. The molecule has 0 amide bonds. The Morgan fingerprint density at radius 3 is 2.40 bits per heavy atom. The minimum absolute atomic E-state index is 0.414. The first kappa shape index (κ1) is 23.1. The molecule has 0 bridgehead atoms. The van der Waals surface area contributed by atoms with Gasteiger partial charge in [-0.15, -0.1) is 4.72 Å². The van der Waals surface area contributed by atoms with Gasteiger partial charge in [0.1, 0.15) is 10.3 Å². The van der Waals surface area contributed by atoms with E-state index in [1.165, 1.54) is 0 Å².